The van der Waals surface area contributed by atoms with Gasteiger partial charge in [-0.2, -0.15) is 0 Å². The Kier molecular flexibility index (Phi) is 3.16. The molecule has 0 unspecified atom stereocenters. The zero-order valence-electron chi connectivity index (χ0n) is 13.4. The lowest BCUT2D eigenvalue weighted by molar-refractivity contribution is -0.123. The number of ether oxygens (including phenoxy) is 1. The molecule has 2 aromatic carbocycles. The van der Waals surface area contributed by atoms with E-state index in [-0.39, 0.29) is 11.9 Å². The summed E-state index contributed by atoms with van der Waals surface area (Å²) in [4.78, 5) is 15.0. The lowest BCUT2D eigenvalue weighted by Crippen LogP contribution is -2.42. The van der Waals surface area contributed by atoms with E-state index in [1.165, 1.54) is 0 Å². The van der Waals surface area contributed by atoms with E-state index in [4.69, 9.17) is 4.74 Å². The third kappa shape index (κ3) is 1.85. The molecular weight excluding hydrogens is 288 g/mol. The summed E-state index contributed by atoms with van der Waals surface area (Å²) in [5.74, 6) is 1.01. The van der Waals surface area contributed by atoms with Crippen molar-refractivity contribution < 1.29 is 9.53 Å². The van der Waals surface area contributed by atoms with Crippen LogP contribution in [-0.4, -0.2) is 26.6 Å². The predicted molar refractivity (Wildman–Crippen MR) is 89.9 cm³/mol. The number of hydrogen-bond donors (Lipinski definition) is 1. The van der Waals surface area contributed by atoms with Crippen LogP contribution in [0, 0.1) is 0 Å². The summed E-state index contributed by atoms with van der Waals surface area (Å²) in [6.45, 7) is 0.838. The highest BCUT2D eigenvalue weighted by Gasteiger charge is 2.57. The van der Waals surface area contributed by atoms with Crippen LogP contribution in [0.2, 0.25) is 0 Å². The van der Waals surface area contributed by atoms with Gasteiger partial charge < -0.3 is 15.0 Å². The van der Waals surface area contributed by atoms with Crippen molar-refractivity contribution in [2.24, 2.45) is 0 Å². The number of hydrogen-bond acceptors (Lipinski definition) is 3. The number of nitrogens with one attached hydrogen (secondary N) is 1. The zero-order valence-corrected chi connectivity index (χ0v) is 13.4. The van der Waals surface area contributed by atoms with Gasteiger partial charge in [0.25, 0.3) is 0 Å². The van der Waals surface area contributed by atoms with E-state index >= 15 is 0 Å². The molecule has 4 rings (SSSR count). The second kappa shape index (κ2) is 5.10. The van der Waals surface area contributed by atoms with E-state index in [1.54, 1.807) is 12.0 Å². The highest BCUT2D eigenvalue weighted by atomic mass is 16.5. The molecule has 0 bridgehead atoms. The van der Waals surface area contributed by atoms with Crippen molar-refractivity contribution >= 4 is 11.6 Å². The van der Waals surface area contributed by atoms with Crippen molar-refractivity contribution in [1.82, 2.24) is 5.32 Å². The summed E-state index contributed by atoms with van der Waals surface area (Å²) in [6, 6.07) is 16.2. The summed E-state index contributed by atoms with van der Waals surface area (Å²) in [5, 5.41) is 3.55. The van der Waals surface area contributed by atoms with Crippen molar-refractivity contribution in [3.05, 3.63) is 59.7 Å². The minimum absolute atomic E-state index is 0.00740. The first-order valence-electron chi connectivity index (χ1n) is 7.93. The SMILES string of the molecule is COc1ccc([C@H]2NCC[C@]23C(=O)N(C)c2ccccc23)cc1. The molecule has 4 nitrogen and oxygen atoms in total. The van der Waals surface area contributed by atoms with Gasteiger partial charge in [-0.3, -0.25) is 4.79 Å². The monoisotopic (exact) mass is 308 g/mol. The fourth-order valence-electron chi connectivity index (χ4n) is 4.12. The Morgan fingerprint density at radius 2 is 1.91 bits per heavy atom. The van der Waals surface area contributed by atoms with Gasteiger partial charge >= 0.3 is 0 Å². The van der Waals surface area contributed by atoms with Gasteiger partial charge in [-0.1, -0.05) is 30.3 Å². The normalized spacial score (nSPS) is 25.9. The molecule has 2 aliphatic heterocycles. The van der Waals surface area contributed by atoms with E-state index in [9.17, 15) is 4.79 Å². The van der Waals surface area contributed by atoms with Crippen LogP contribution in [0.15, 0.2) is 48.5 Å². The first-order chi connectivity index (χ1) is 11.2. The van der Waals surface area contributed by atoms with Gasteiger partial charge in [0.2, 0.25) is 5.91 Å². The Morgan fingerprint density at radius 3 is 2.65 bits per heavy atom. The third-order valence-corrected chi connectivity index (χ3v) is 5.24. The number of benzene rings is 2. The molecule has 0 radical (unpaired) electrons. The molecular formula is C19H20N2O2. The minimum atomic E-state index is -0.500. The lowest BCUT2D eigenvalue weighted by Gasteiger charge is -2.30. The fourth-order valence-corrected chi connectivity index (χ4v) is 4.12. The summed E-state index contributed by atoms with van der Waals surface area (Å²) >= 11 is 0. The number of amides is 1. The number of likely N-dealkylation sites (N-methyl/N-ethyl adjacent to an activating group) is 1. The Hall–Kier alpha value is -2.33. The van der Waals surface area contributed by atoms with Gasteiger partial charge in [-0.15, -0.1) is 0 Å². The van der Waals surface area contributed by atoms with Crippen molar-refractivity contribution in [3.63, 3.8) is 0 Å². The van der Waals surface area contributed by atoms with Crippen molar-refractivity contribution in [1.29, 1.82) is 0 Å². The van der Waals surface area contributed by atoms with Gasteiger partial charge in [0, 0.05) is 12.7 Å². The molecule has 1 fully saturated rings. The maximum atomic E-state index is 13.2. The number of nitrogens with zero attached hydrogens (tertiary/aromatic N) is 1. The molecule has 1 spiro atoms. The van der Waals surface area contributed by atoms with E-state index in [2.05, 4.69) is 23.5 Å². The lowest BCUT2D eigenvalue weighted by atomic mass is 9.73. The quantitative estimate of drug-likeness (QED) is 0.927. The minimum Gasteiger partial charge on any atom is -0.497 e. The summed E-state index contributed by atoms with van der Waals surface area (Å²) in [5.41, 5.74) is 2.79. The topological polar surface area (TPSA) is 41.6 Å². The Labute approximate surface area is 136 Å². The molecule has 2 atom stereocenters. The van der Waals surface area contributed by atoms with Gasteiger partial charge in [-0.05, 0) is 42.3 Å². The number of para-hydroxylation sites is 1. The molecule has 2 aliphatic rings. The van der Waals surface area contributed by atoms with Crippen LogP contribution in [0.5, 0.6) is 5.75 Å². The molecule has 1 N–H and O–H groups in total. The number of fused-ring (bicyclic) bond motifs is 2. The van der Waals surface area contributed by atoms with Crippen LogP contribution in [0.3, 0.4) is 0 Å². The van der Waals surface area contributed by atoms with Crippen LogP contribution in [0.4, 0.5) is 5.69 Å². The van der Waals surface area contributed by atoms with Gasteiger partial charge in [-0.25, -0.2) is 0 Å². The van der Waals surface area contributed by atoms with Gasteiger partial charge in [0.15, 0.2) is 0 Å². The first-order valence-corrected chi connectivity index (χ1v) is 7.93. The first kappa shape index (κ1) is 14.3. The zero-order chi connectivity index (χ0) is 16.0. The average Bonchev–Trinajstić information content (AvgIpc) is 3.13. The van der Waals surface area contributed by atoms with Crippen molar-refractivity contribution in [2.75, 3.05) is 25.6 Å². The highest BCUT2D eigenvalue weighted by molar-refractivity contribution is 6.08. The average molecular weight is 308 g/mol. The molecule has 118 valence electrons. The Morgan fingerprint density at radius 1 is 1.17 bits per heavy atom. The highest BCUT2D eigenvalue weighted by Crippen LogP contribution is 2.52. The summed E-state index contributed by atoms with van der Waals surface area (Å²) in [6.07, 6.45) is 0.823. The van der Waals surface area contributed by atoms with E-state index in [0.717, 1.165) is 35.5 Å². The van der Waals surface area contributed by atoms with E-state index in [1.807, 2.05) is 37.4 Å². The van der Waals surface area contributed by atoms with E-state index in [0.29, 0.717) is 0 Å². The van der Waals surface area contributed by atoms with E-state index < -0.39 is 5.41 Å². The second-order valence-corrected chi connectivity index (χ2v) is 6.26. The van der Waals surface area contributed by atoms with Gasteiger partial charge in [0.1, 0.15) is 5.75 Å². The standard InChI is InChI=1S/C19H20N2O2/c1-21-16-6-4-3-5-15(16)19(18(21)22)11-12-20-17(19)13-7-9-14(23-2)10-8-13/h3-10,17,20H,11-12H2,1-2H3/t17-,19-/m1/s1. The van der Waals surface area contributed by atoms with Crippen LogP contribution in [0.1, 0.15) is 23.6 Å². The number of carbonyl (C=O) groups excluding carboxylic acids is 1. The molecule has 23 heavy (non-hydrogen) atoms. The fraction of sp³-hybridized carbons (Fsp3) is 0.316. The summed E-state index contributed by atoms with van der Waals surface area (Å²) < 4.78 is 5.25. The van der Waals surface area contributed by atoms with Crippen molar-refractivity contribution in [2.45, 2.75) is 17.9 Å². The largest absolute Gasteiger partial charge is 0.497 e. The summed E-state index contributed by atoms with van der Waals surface area (Å²) in [7, 11) is 3.54. The number of rotatable bonds is 2. The van der Waals surface area contributed by atoms with Crippen molar-refractivity contribution in [3.8, 4) is 5.75 Å². The predicted octanol–water partition coefficient (Wildman–Crippen LogP) is 2.64. The molecule has 1 amide bonds. The number of anilines is 1. The second-order valence-electron chi connectivity index (χ2n) is 6.26. The maximum Gasteiger partial charge on any atom is 0.239 e. The molecule has 0 aliphatic carbocycles. The molecule has 2 aromatic rings. The Bertz CT molecular complexity index is 756. The van der Waals surface area contributed by atoms with Crippen LogP contribution in [-0.2, 0) is 10.2 Å². The molecule has 2 heterocycles. The van der Waals surface area contributed by atoms with Crippen LogP contribution >= 0.6 is 0 Å². The van der Waals surface area contributed by atoms with Crippen LogP contribution in [0.25, 0.3) is 0 Å². The smallest absolute Gasteiger partial charge is 0.239 e. The maximum absolute atomic E-state index is 13.2. The molecule has 4 heteroatoms. The molecule has 0 saturated carbocycles. The van der Waals surface area contributed by atoms with Gasteiger partial charge in [0.05, 0.1) is 18.6 Å². The number of methoxy groups -OCH3 is 1. The molecule has 0 aromatic heterocycles. The Balaban J connectivity index is 1.84. The van der Waals surface area contributed by atoms with Crippen LogP contribution < -0.4 is 15.0 Å². The molecule has 1 saturated heterocycles. The third-order valence-electron chi connectivity index (χ3n) is 5.24. The number of carbonyl (C=O) groups is 1.